The SMILES string of the molecule is CC(C(=O)NC(=O)NC1CC1)N1CCCC(O)C1. The fourth-order valence-corrected chi connectivity index (χ4v) is 2.17. The second kappa shape index (κ2) is 5.67. The summed E-state index contributed by atoms with van der Waals surface area (Å²) in [6.45, 7) is 3.05. The van der Waals surface area contributed by atoms with Crippen molar-refractivity contribution in [2.24, 2.45) is 0 Å². The summed E-state index contributed by atoms with van der Waals surface area (Å²) in [6.07, 6.45) is 3.29. The van der Waals surface area contributed by atoms with Crippen LogP contribution in [0.15, 0.2) is 0 Å². The smallest absolute Gasteiger partial charge is 0.321 e. The number of likely N-dealkylation sites (tertiary alicyclic amines) is 1. The zero-order chi connectivity index (χ0) is 13.1. The van der Waals surface area contributed by atoms with Crippen LogP contribution >= 0.6 is 0 Å². The van der Waals surface area contributed by atoms with E-state index in [1.807, 2.05) is 4.90 Å². The molecule has 0 aromatic rings. The summed E-state index contributed by atoms with van der Waals surface area (Å²) in [7, 11) is 0. The molecule has 3 N–H and O–H groups in total. The van der Waals surface area contributed by atoms with Crippen LogP contribution < -0.4 is 10.6 Å². The van der Waals surface area contributed by atoms with Gasteiger partial charge in [-0.05, 0) is 39.2 Å². The van der Waals surface area contributed by atoms with Crippen LogP contribution in [0.4, 0.5) is 4.79 Å². The maximum Gasteiger partial charge on any atom is 0.321 e. The topological polar surface area (TPSA) is 81.7 Å². The van der Waals surface area contributed by atoms with Crippen LogP contribution in [0, 0.1) is 0 Å². The van der Waals surface area contributed by atoms with Gasteiger partial charge in [0.1, 0.15) is 0 Å². The van der Waals surface area contributed by atoms with Crippen LogP contribution in [0.1, 0.15) is 32.6 Å². The Morgan fingerprint density at radius 1 is 1.33 bits per heavy atom. The van der Waals surface area contributed by atoms with Crippen molar-refractivity contribution in [1.29, 1.82) is 0 Å². The molecule has 0 aromatic heterocycles. The predicted octanol–water partition coefficient (Wildman–Crippen LogP) is -0.180. The average Bonchev–Trinajstić information content (AvgIpc) is 3.11. The van der Waals surface area contributed by atoms with E-state index in [4.69, 9.17) is 0 Å². The minimum Gasteiger partial charge on any atom is -0.392 e. The number of aliphatic hydroxyl groups is 1. The number of aliphatic hydroxyl groups excluding tert-OH is 1. The second-order valence-corrected chi connectivity index (χ2v) is 5.20. The largest absolute Gasteiger partial charge is 0.392 e. The molecule has 2 fully saturated rings. The highest BCUT2D eigenvalue weighted by Crippen LogP contribution is 2.18. The number of nitrogens with zero attached hydrogens (tertiary/aromatic N) is 1. The van der Waals surface area contributed by atoms with Gasteiger partial charge in [-0.3, -0.25) is 15.0 Å². The van der Waals surface area contributed by atoms with Gasteiger partial charge in [0.2, 0.25) is 5.91 Å². The molecule has 2 rings (SSSR count). The maximum absolute atomic E-state index is 11.9. The van der Waals surface area contributed by atoms with Gasteiger partial charge in [0.15, 0.2) is 0 Å². The average molecular weight is 255 g/mol. The van der Waals surface area contributed by atoms with E-state index >= 15 is 0 Å². The molecule has 0 aromatic carbocycles. The quantitative estimate of drug-likeness (QED) is 0.653. The van der Waals surface area contributed by atoms with Gasteiger partial charge in [-0.25, -0.2) is 4.79 Å². The molecule has 2 unspecified atom stereocenters. The van der Waals surface area contributed by atoms with Gasteiger partial charge in [-0.2, -0.15) is 0 Å². The highest BCUT2D eigenvalue weighted by Gasteiger charge is 2.29. The Morgan fingerprint density at radius 2 is 2.06 bits per heavy atom. The van der Waals surface area contributed by atoms with Crippen molar-refractivity contribution in [3.63, 3.8) is 0 Å². The lowest BCUT2D eigenvalue weighted by molar-refractivity contribution is -0.125. The minimum absolute atomic E-state index is 0.241. The summed E-state index contributed by atoms with van der Waals surface area (Å²) < 4.78 is 0. The third kappa shape index (κ3) is 3.68. The summed E-state index contributed by atoms with van der Waals surface area (Å²) in [5, 5.41) is 14.6. The lowest BCUT2D eigenvalue weighted by Crippen LogP contribution is -2.53. The number of piperidine rings is 1. The van der Waals surface area contributed by atoms with E-state index in [0.717, 1.165) is 32.2 Å². The Balaban J connectivity index is 1.77. The van der Waals surface area contributed by atoms with Gasteiger partial charge in [0.05, 0.1) is 12.1 Å². The van der Waals surface area contributed by atoms with Crippen LogP contribution in [0.3, 0.4) is 0 Å². The number of rotatable bonds is 3. The number of hydrogen-bond donors (Lipinski definition) is 3. The molecule has 18 heavy (non-hydrogen) atoms. The summed E-state index contributed by atoms with van der Waals surface area (Å²) in [5.41, 5.74) is 0. The Labute approximate surface area is 107 Å². The molecular formula is C12H21N3O3. The van der Waals surface area contributed by atoms with Crippen molar-refractivity contribution >= 4 is 11.9 Å². The molecule has 1 heterocycles. The molecular weight excluding hydrogens is 234 g/mol. The number of amides is 3. The molecule has 3 amide bonds. The van der Waals surface area contributed by atoms with Gasteiger partial charge < -0.3 is 10.4 Å². The Bertz CT molecular complexity index is 331. The molecule has 1 saturated heterocycles. The van der Waals surface area contributed by atoms with Crippen molar-refractivity contribution in [1.82, 2.24) is 15.5 Å². The van der Waals surface area contributed by atoms with Crippen LogP contribution in [0.25, 0.3) is 0 Å². The minimum atomic E-state index is -0.410. The maximum atomic E-state index is 11.9. The predicted molar refractivity (Wildman–Crippen MR) is 66.0 cm³/mol. The summed E-state index contributed by atoms with van der Waals surface area (Å²) in [4.78, 5) is 25.2. The summed E-state index contributed by atoms with van der Waals surface area (Å²) in [6, 6.07) is -0.554. The van der Waals surface area contributed by atoms with Gasteiger partial charge >= 0.3 is 6.03 Å². The van der Waals surface area contributed by atoms with E-state index in [-0.39, 0.29) is 24.1 Å². The zero-order valence-electron chi connectivity index (χ0n) is 10.7. The summed E-state index contributed by atoms with van der Waals surface area (Å²) in [5.74, 6) is -0.303. The first-order chi connectivity index (χ1) is 8.56. The molecule has 0 radical (unpaired) electrons. The van der Waals surface area contributed by atoms with Crippen molar-refractivity contribution in [2.45, 2.75) is 50.8 Å². The van der Waals surface area contributed by atoms with E-state index in [0.29, 0.717) is 6.54 Å². The molecule has 1 aliphatic heterocycles. The first kappa shape index (κ1) is 13.3. The first-order valence-electron chi connectivity index (χ1n) is 6.59. The number of carbonyl (C=O) groups excluding carboxylic acids is 2. The number of urea groups is 1. The number of β-amino-alcohol motifs (C(OH)–C–C–N with tert-alkyl or cyclic N) is 1. The normalized spacial score (nSPS) is 26.4. The fraction of sp³-hybridized carbons (Fsp3) is 0.833. The Hall–Kier alpha value is -1.14. The molecule has 2 atom stereocenters. The molecule has 0 spiro atoms. The molecule has 1 saturated carbocycles. The monoisotopic (exact) mass is 255 g/mol. The van der Waals surface area contributed by atoms with Crippen molar-refractivity contribution in [3.05, 3.63) is 0 Å². The van der Waals surface area contributed by atoms with Crippen LogP contribution in [-0.4, -0.2) is 53.2 Å². The highest BCUT2D eigenvalue weighted by atomic mass is 16.3. The number of hydrogen-bond acceptors (Lipinski definition) is 4. The molecule has 2 aliphatic rings. The lowest BCUT2D eigenvalue weighted by atomic mass is 10.1. The number of carbonyl (C=O) groups is 2. The molecule has 102 valence electrons. The summed E-state index contributed by atoms with van der Waals surface area (Å²) >= 11 is 0. The third-order valence-electron chi connectivity index (χ3n) is 3.50. The van der Waals surface area contributed by atoms with Crippen LogP contribution in [0.2, 0.25) is 0 Å². The van der Waals surface area contributed by atoms with E-state index in [1.165, 1.54) is 0 Å². The van der Waals surface area contributed by atoms with E-state index in [2.05, 4.69) is 10.6 Å². The van der Waals surface area contributed by atoms with Gasteiger partial charge in [0.25, 0.3) is 0 Å². The second-order valence-electron chi connectivity index (χ2n) is 5.20. The van der Waals surface area contributed by atoms with E-state index < -0.39 is 6.03 Å². The third-order valence-corrected chi connectivity index (χ3v) is 3.50. The van der Waals surface area contributed by atoms with Gasteiger partial charge in [-0.15, -0.1) is 0 Å². The first-order valence-corrected chi connectivity index (χ1v) is 6.59. The number of imide groups is 1. The van der Waals surface area contributed by atoms with Crippen molar-refractivity contribution in [2.75, 3.05) is 13.1 Å². The van der Waals surface area contributed by atoms with E-state index in [1.54, 1.807) is 6.92 Å². The Kier molecular flexibility index (Phi) is 4.19. The fourth-order valence-electron chi connectivity index (χ4n) is 2.17. The standard InChI is InChI=1S/C12H21N3O3/c1-8(15-6-2-3-10(16)7-15)11(17)14-12(18)13-9-4-5-9/h8-10,16H,2-7H2,1H3,(H2,13,14,17,18). The van der Waals surface area contributed by atoms with E-state index in [9.17, 15) is 14.7 Å². The van der Waals surface area contributed by atoms with Gasteiger partial charge in [-0.1, -0.05) is 0 Å². The van der Waals surface area contributed by atoms with Crippen LogP contribution in [0.5, 0.6) is 0 Å². The molecule has 6 heteroatoms. The molecule has 1 aliphatic carbocycles. The van der Waals surface area contributed by atoms with Crippen LogP contribution in [-0.2, 0) is 4.79 Å². The zero-order valence-corrected chi connectivity index (χ0v) is 10.7. The van der Waals surface area contributed by atoms with Gasteiger partial charge in [0, 0.05) is 12.6 Å². The molecule has 0 bridgehead atoms. The van der Waals surface area contributed by atoms with Crippen molar-refractivity contribution < 1.29 is 14.7 Å². The van der Waals surface area contributed by atoms with Crippen molar-refractivity contribution in [3.8, 4) is 0 Å². The molecule has 6 nitrogen and oxygen atoms in total. The Morgan fingerprint density at radius 3 is 2.67 bits per heavy atom. The highest BCUT2D eigenvalue weighted by molar-refractivity contribution is 5.96. The lowest BCUT2D eigenvalue weighted by Gasteiger charge is -2.33. The number of nitrogens with one attached hydrogen (secondary N) is 2.